The van der Waals surface area contributed by atoms with Crippen LogP contribution in [-0.4, -0.2) is 48.2 Å². The van der Waals surface area contributed by atoms with Crippen molar-refractivity contribution in [3.05, 3.63) is 30.3 Å². The first-order valence-corrected chi connectivity index (χ1v) is 8.24. The van der Waals surface area contributed by atoms with Crippen molar-refractivity contribution in [3.8, 4) is 6.07 Å². The summed E-state index contributed by atoms with van der Waals surface area (Å²) in [6, 6.07) is 11.6. The third-order valence-corrected chi connectivity index (χ3v) is 4.57. The monoisotopic (exact) mass is 315 g/mol. The predicted octanol–water partition coefficient (Wildman–Crippen LogP) is 2.03. The Balaban J connectivity index is 2.09. The molecule has 1 fully saturated rings. The maximum atomic E-state index is 12.8. The van der Waals surface area contributed by atoms with Crippen LogP contribution in [0.2, 0.25) is 0 Å². The maximum absolute atomic E-state index is 12.8. The standard InChI is InChI=1S/C18H25N3O2/c1-15-7-5-11-20(17(15)14-22)13-18(23)21(12-6-10-19)16-8-3-2-4-9-16/h2-4,8-9,15,17,22H,5-7,11-14H2,1H3. The van der Waals surface area contributed by atoms with Gasteiger partial charge >= 0.3 is 0 Å². The van der Waals surface area contributed by atoms with E-state index in [2.05, 4.69) is 17.9 Å². The van der Waals surface area contributed by atoms with E-state index in [0.717, 1.165) is 25.1 Å². The minimum absolute atomic E-state index is 0.0148. The van der Waals surface area contributed by atoms with Crippen LogP contribution >= 0.6 is 0 Å². The summed E-state index contributed by atoms with van der Waals surface area (Å²) in [5.74, 6) is 0.379. The van der Waals surface area contributed by atoms with Crippen molar-refractivity contribution in [2.45, 2.75) is 32.2 Å². The average Bonchev–Trinajstić information content (AvgIpc) is 2.56. The number of carbonyl (C=O) groups excluding carboxylic acids is 1. The lowest BCUT2D eigenvalue weighted by Crippen LogP contribution is -2.51. The molecule has 1 aliphatic heterocycles. The van der Waals surface area contributed by atoms with Gasteiger partial charge in [0.15, 0.2) is 0 Å². The molecule has 1 heterocycles. The molecule has 1 aliphatic rings. The predicted molar refractivity (Wildman–Crippen MR) is 89.9 cm³/mol. The second-order valence-corrected chi connectivity index (χ2v) is 6.13. The van der Waals surface area contributed by atoms with Gasteiger partial charge in [-0.15, -0.1) is 0 Å². The Kier molecular flexibility index (Phi) is 6.57. The van der Waals surface area contributed by atoms with Gasteiger partial charge in [-0.25, -0.2) is 0 Å². The van der Waals surface area contributed by atoms with Crippen LogP contribution in [0.1, 0.15) is 26.2 Å². The molecule has 1 aromatic carbocycles. The number of amides is 1. The lowest BCUT2D eigenvalue weighted by atomic mass is 9.91. The highest BCUT2D eigenvalue weighted by atomic mass is 16.3. The zero-order valence-corrected chi connectivity index (χ0v) is 13.7. The molecule has 1 amide bonds. The zero-order chi connectivity index (χ0) is 16.7. The second kappa shape index (κ2) is 8.66. The highest BCUT2D eigenvalue weighted by Gasteiger charge is 2.30. The molecular formula is C18H25N3O2. The summed E-state index contributed by atoms with van der Waals surface area (Å²) >= 11 is 0. The van der Waals surface area contributed by atoms with Gasteiger partial charge in [-0.3, -0.25) is 9.69 Å². The minimum Gasteiger partial charge on any atom is -0.395 e. The summed E-state index contributed by atoms with van der Waals surface area (Å²) in [5.41, 5.74) is 0.818. The Morgan fingerprint density at radius 3 is 2.83 bits per heavy atom. The Morgan fingerprint density at radius 2 is 2.17 bits per heavy atom. The molecule has 0 saturated carbocycles. The van der Waals surface area contributed by atoms with E-state index in [1.165, 1.54) is 0 Å². The molecule has 0 spiro atoms. The molecule has 23 heavy (non-hydrogen) atoms. The summed E-state index contributed by atoms with van der Waals surface area (Å²) in [4.78, 5) is 16.5. The van der Waals surface area contributed by atoms with Gasteiger partial charge in [0, 0.05) is 18.3 Å². The summed E-state index contributed by atoms with van der Waals surface area (Å²) in [5, 5.41) is 18.5. The first-order valence-electron chi connectivity index (χ1n) is 8.24. The summed E-state index contributed by atoms with van der Waals surface area (Å²) in [6.07, 6.45) is 2.45. The average molecular weight is 315 g/mol. The van der Waals surface area contributed by atoms with Gasteiger partial charge in [0.05, 0.1) is 25.6 Å². The van der Waals surface area contributed by atoms with Crippen molar-refractivity contribution in [3.63, 3.8) is 0 Å². The third-order valence-electron chi connectivity index (χ3n) is 4.57. The number of hydrogen-bond acceptors (Lipinski definition) is 4. The van der Waals surface area contributed by atoms with E-state index in [4.69, 9.17) is 5.26 Å². The van der Waals surface area contributed by atoms with Gasteiger partial charge in [0.1, 0.15) is 0 Å². The fraction of sp³-hybridized carbons (Fsp3) is 0.556. The number of para-hydroxylation sites is 1. The normalized spacial score (nSPS) is 21.6. The molecule has 5 heteroatoms. The quantitative estimate of drug-likeness (QED) is 0.872. The van der Waals surface area contributed by atoms with E-state index < -0.39 is 0 Å². The number of likely N-dealkylation sites (tertiary alicyclic amines) is 1. The molecule has 1 aromatic rings. The highest BCUT2D eigenvalue weighted by molar-refractivity contribution is 5.94. The van der Waals surface area contributed by atoms with Gasteiger partial charge in [-0.2, -0.15) is 5.26 Å². The van der Waals surface area contributed by atoms with E-state index in [9.17, 15) is 9.90 Å². The van der Waals surface area contributed by atoms with Crippen LogP contribution in [0.5, 0.6) is 0 Å². The number of anilines is 1. The number of aliphatic hydroxyl groups is 1. The van der Waals surface area contributed by atoms with Crippen molar-refractivity contribution in [1.29, 1.82) is 5.26 Å². The molecular weight excluding hydrogens is 290 g/mol. The molecule has 5 nitrogen and oxygen atoms in total. The Labute approximate surface area is 138 Å². The molecule has 2 unspecified atom stereocenters. The highest BCUT2D eigenvalue weighted by Crippen LogP contribution is 2.23. The zero-order valence-electron chi connectivity index (χ0n) is 13.7. The first-order chi connectivity index (χ1) is 11.2. The second-order valence-electron chi connectivity index (χ2n) is 6.13. The van der Waals surface area contributed by atoms with Crippen LogP contribution in [0.3, 0.4) is 0 Å². The van der Waals surface area contributed by atoms with Crippen LogP contribution in [0.15, 0.2) is 30.3 Å². The summed E-state index contributed by atoms with van der Waals surface area (Å²) in [7, 11) is 0. The van der Waals surface area contributed by atoms with Gasteiger partial charge in [0.2, 0.25) is 5.91 Å². The van der Waals surface area contributed by atoms with Gasteiger partial charge in [-0.05, 0) is 37.4 Å². The molecule has 0 aromatic heterocycles. The van der Waals surface area contributed by atoms with Crippen molar-refractivity contribution in [1.82, 2.24) is 4.90 Å². The molecule has 1 saturated heterocycles. The Hall–Kier alpha value is -1.90. The van der Waals surface area contributed by atoms with Gasteiger partial charge < -0.3 is 10.0 Å². The molecule has 1 N–H and O–H groups in total. The number of carbonyl (C=O) groups is 1. The fourth-order valence-electron chi connectivity index (χ4n) is 3.25. The van der Waals surface area contributed by atoms with Crippen LogP contribution < -0.4 is 4.90 Å². The van der Waals surface area contributed by atoms with Crippen molar-refractivity contribution in [2.24, 2.45) is 5.92 Å². The van der Waals surface area contributed by atoms with Crippen molar-refractivity contribution < 1.29 is 9.90 Å². The molecule has 0 bridgehead atoms. The third kappa shape index (κ3) is 4.54. The number of rotatable bonds is 6. The van der Waals surface area contributed by atoms with E-state index in [1.54, 1.807) is 4.90 Å². The van der Waals surface area contributed by atoms with Crippen LogP contribution in [-0.2, 0) is 4.79 Å². The maximum Gasteiger partial charge on any atom is 0.241 e. The minimum atomic E-state index is -0.0148. The lowest BCUT2D eigenvalue weighted by Gasteiger charge is -2.39. The first kappa shape index (κ1) is 17.5. The number of benzene rings is 1. The SMILES string of the molecule is CC1CCCN(CC(=O)N(CCC#N)c2ccccc2)C1CO. The van der Waals surface area contributed by atoms with Crippen LogP contribution in [0, 0.1) is 17.2 Å². The number of aliphatic hydroxyl groups excluding tert-OH is 1. The molecule has 124 valence electrons. The smallest absolute Gasteiger partial charge is 0.241 e. The van der Waals surface area contributed by atoms with Crippen LogP contribution in [0.25, 0.3) is 0 Å². The molecule has 2 rings (SSSR count). The van der Waals surface area contributed by atoms with Crippen molar-refractivity contribution >= 4 is 11.6 Å². The van der Waals surface area contributed by atoms with Gasteiger partial charge in [0.25, 0.3) is 0 Å². The Bertz CT molecular complexity index is 541. The number of piperidine rings is 1. The summed E-state index contributed by atoms with van der Waals surface area (Å²) < 4.78 is 0. The number of hydrogen-bond donors (Lipinski definition) is 1. The molecule has 2 atom stereocenters. The van der Waals surface area contributed by atoms with Crippen molar-refractivity contribution in [2.75, 3.05) is 31.1 Å². The van der Waals surface area contributed by atoms with Gasteiger partial charge in [-0.1, -0.05) is 25.1 Å². The topological polar surface area (TPSA) is 67.6 Å². The molecule has 0 aliphatic carbocycles. The lowest BCUT2D eigenvalue weighted by molar-refractivity contribution is -0.121. The number of nitriles is 1. The largest absolute Gasteiger partial charge is 0.395 e. The van der Waals surface area contributed by atoms with E-state index in [0.29, 0.717) is 18.9 Å². The van der Waals surface area contributed by atoms with E-state index >= 15 is 0 Å². The van der Waals surface area contributed by atoms with E-state index in [-0.39, 0.29) is 25.1 Å². The van der Waals surface area contributed by atoms with Crippen LogP contribution in [0.4, 0.5) is 5.69 Å². The molecule has 0 radical (unpaired) electrons. The fourth-order valence-corrected chi connectivity index (χ4v) is 3.25. The van der Waals surface area contributed by atoms with E-state index in [1.807, 2.05) is 30.3 Å². The number of nitrogens with zero attached hydrogens (tertiary/aromatic N) is 3. The Morgan fingerprint density at radius 1 is 1.43 bits per heavy atom. The summed E-state index contributed by atoms with van der Waals surface area (Å²) in [6.45, 7) is 3.73.